The fourth-order valence-corrected chi connectivity index (χ4v) is 7.14. The van der Waals surface area contributed by atoms with E-state index >= 15 is 0 Å². The number of ether oxygens (including phenoxy) is 3. The largest absolute Gasteiger partial charge is 0.504 e. The first-order chi connectivity index (χ1) is 17.0. The molecule has 36 heavy (non-hydrogen) atoms. The number of carbonyl (C=O) groups excluding carboxylic acids is 4. The maximum absolute atomic E-state index is 13.9. The molecule has 5 atom stereocenters. The molecule has 2 aliphatic heterocycles. The van der Waals surface area contributed by atoms with Crippen LogP contribution in [0.25, 0.3) is 0 Å². The highest BCUT2D eigenvalue weighted by atomic mass is 16.6. The summed E-state index contributed by atoms with van der Waals surface area (Å²) in [6.45, 7) is 6.43. The van der Waals surface area contributed by atoms with Crippen molar-refractivity contribution < 1.29 is 38.5 Å². The zero-order valence-electron chi connectivity index (χ0n) is 21.2. The number of fused-ring (bicyclic) bond motifs is 4. The minimum absolute atomic E-state index is 0.00857. The van der Waals surface area contributed by atoms with Gasteiger partial charge in [0.1, 0.15) is 18.0 Å². The van der Waals surface area contributed by atoms with Crippen molar-refractivity contribution in [1.82, 2.24) is 4.90 Å². The number of Topliss-reactive ketones (excluding diaryl/α,β-unsaturated/α-hetero) is 2. The third-order valence-corrected chi connectivity index (χ3v) is 8.87. The average molecular weight is 500 g/mol. The van der Waals surface area contributed by atoms with Crippen LogP contribution in [0.15, 0.2) is 34.3 Å². The summed E-state index contributed by atoms with van der Waals surface area (Å²) in [5.74, 6) is -2.71. The maximum Gasteiger partial charge on any atom is 0.340 e. The van der Waals surface area contributed by atoms with Gasteiger partial charge in [0.2, 0.25) is 5.78 Å². The normalized spacial score (nSPS) is 37.2. The standard InChI is InChI=1S/C27H33NO8/c1-14(29)35-17-11-26(2)16(7-8-18(26)30)20-22(17)27(3)19(13-34-4)36-25(33)15(12-28-9-5-6-10-28)21(27)24(32)23(20)31/h12,16-17,19,32H,5-11,13H2,1-4H3/b15-12+/t16-,17-,19+,26+,27+/m1/s1. The lowest BCUT2D eigenvalue weighted by Gasteiger charge is -2.53. The molecule has 3 fully saturated rings. The summed E-state index contributed by atoms with van der Waals surface area (Å²) < 4.78 is 17.1. The van der Waals surface area contributed by atoms with E-state index in [1.165, 1.54) is 14.0 Å². The van der Waals surface area contributed by atoms with Gasteiger partial charge in [-0.15, -0.1) is 0 Å². The Kier molecular flexibility index (Phi) is 5.89. The third-order valence-electron chi connectivity index (χ3n) is 8.87. The van der Waals surface area contributed by atoms with Crippen molar-refractivity contribution in [2.75, 3.05) is 26.8 Å². The van der Waals surface area contributed by atoms with E-state index in [0.29, 0.717) is 24.0 Å². The Morgan fingerprint density at radius 1 is 1.22 bits per heavy atom. The van der Waals surface area contributed by atoms with Crippen LogP contribution in [0.4, 0.5) is 0 Å². The van der Waals surface area contributed by atoms with Gasteiger partial charge >= 0.3 is 11.9 Å². The van der Waals surface area contributed by atoms with E-state index in [0.717, 1.165) is 25.9 Å². The number of methoxy groups -OCH3 is 1. The lowest BCUT2D eigenvalue weighted by Crippen LogP contribution is -2.57. The molecule has 0 aromatic heterocycles. The molecule has 5 rings (SSSR count). The van der Waals surface area contributed by atoms with E-state index in [1.807, 2.05) is 18.7 Å². The molecule has 3 aliphatic carbocycles. The molecule has 0 spiro atoms. The molecule has 9 nitrogen and oxygen atoms in total. The average Bonchev–Trinajstić information content (AvgIpc) is 3.42. The van der Waals surface area contributed by atoms with E-state index in [2.05, 4.69) is 0 Å². The summed E-state index contributed by atoms with van der Waals surface area (Å²) in [5, 5.41) is 11.5. The summed E-state index contributed by atoms with van der Waals surface area (Å²) >= 11 is 0. The van der Waals surface area contributed by atoms with Gasteiger partial charge in [-0.1, -0.05) is 6.92 Å². The molecular formula is C27H33NO8. The van der Waals surface area contributed by atoms with Crippen molar-refractivity contribution in [3.05, 3.63) is 34.3 Å². The third kappa shape index (κ3) is 3.38. The molecule has 0 unspecified atom stereocenters. The number of aliphatic hydroxyl groups excluding tert-OH is 1. The predicted molar refractivity (Wildman–Crippen MR) is 126 cm³/mol. The van der Waals surface area contributed by atoms with Crippen LogP contribution < -0.4 is 0 Å². The van der Waals surface area contributed by atoms with Crippen LogP contribution in [0.5, 0.6) is 0 Å². The second kappa shape index (κ2) is 8.57. The molecule has 194 valence electrons. The fourth-order valence-electron chi connectivity index (χ4n) is 7.14. The van der Waals surface area contributed by atoms with Crippen molar-refractivity contribution >= 4 is 23.5 Å². The van der Waals surface area contributed by atoms with Crippen LogP contribution >= 0.6 is 0 Å². The molecule has 0 aromatic rings. The zero-order chi connectivity index (χ0) is 26.0. The maximum atomic E-state index is 13.9. The Labute approximate surface area is 210 Å². The van der Waals surface area contributed by atoms with Crippen LogP contribution in [0, 0.1) is 16.7 Å². The minimum atomic E-state index is -1.20. The molecular weight excluding hydrogens is 466 g/mol. The van der Waals surface area contributed by atoms with Gasteiger partial charge in [0.25, 0.3) is 0 Å². The van der Waals surface area contributed by atoms with Crippen LogP contribution in [-0.2, 0) is 33.4 Å². The molecule has 1 N–H and O–H groups in total. The second-order valence-corrected chi connectivity index (χ2v) is 11.0. The van der Waals surface area contributed by atoms with E-state index in [-0.39, 0.29) is 30.0 Å². The Morgan fingerprint density at radius 2 is 1.92 bits per heavy atom. The molecule has 9 heteroatoms. The molecule has 0 amide bonds. The van der Waals surface area contributed by atoms with Crippen molar-refractivity contribution in [3.8, 4) is 0 Å². The molecule has 0 radical (unpaired) electrons. The monoisotopic (exact) mass is 499 g/mol. The lowest BCUT2D eigenvalue weighted by molar-refractivity contribution is -0.160. The molecule has 2 saturated heterocycles. The van der Waals surface area contributed by atoms with Crippen molar-refractivity contribution in [2.24, 2.45) is 16.7 Å². The highest BCUT2D eigenvalue weighted by Gasteiger charge is 2.64. The van der Waals surface area contributed by atoms with Crippen LogP contribution in [0.1, 0.15) is 52.9 Å². The second-order valence-electron chi connectivity index (χ2n) is 11.0. The predicted octanol–water partition coefficient (Wildman–Crippen LogP) is 2.56. The first-order valence-electron chi connectivity index (χ1n) is 12.6. The van der Waals surface area contributed by atoms with Gasteiger partial charge in [-0.3, -0.25) is 14.4 Å². The van der Waals surface area contributed by atoms with Crippen molar-refractivity contribution in [3.63, 3.8) is 0 Å². The number of rotatable bonds is 4. The number of esters is 2. The molecule has 1 saturated carbocycles. The Hall–Kier alpha value is -2.94. The van der Waals surface area contributed by atoms with Gasteiger partial charge in [-0.25, -0.2) is 4.79 Å². The number of allylic oxidation sites excluding steroid dienone is 1. The molecule has 5 aliphatic rings. The minimum Gasteiger partial charge on any atom is -0.504 e. The van der Waals surface area contributed by atoms with Gasteiger partial charge in [0, 0.05) is 68.6 Å². The number of aliphatic hydroxyl groups is 1. The number of carbonyl (C=O) groups is 4. The van der Waals surface area contributed by atoms with Gasteiger partial charge in [0.15, 0.2) is 5.76 Å². The SMILES string of the molecule is COC[C@@H]1OC(=O)/C(=C/N2CCCC2)C2=C(O)C(=O)C3=C([C@H](OC(C)=O)C[C@]4(C)C(=O)CC[C@H]34)[C@]21C. The highest BCUT2D eigenvalue weighted by molar-refractivity contribution is 6.14. The van der Waals surface area contributed by atoms with E-state index in [4.69, 9.17) is 14.2 Å². The number of hydrogen-bond donors (Lipinski definition) is 1. The number of likely N-dealkylation sites (tertiary alicyclic amines) is 1. The van der Waals surface area contributed by atoms with Gasteiger partial charge < -0.3 is 24.2 Å². The smallest absolute Gasteiger partial charge is 0.340 e. The Morgan fingerprint density at radius 3 is 2.56 bits per heavy atom. The molecule has 0 aromatic carbocycles. The number of hydrogen-bond acceptors (Lipinski definition) is 9. The highest BCUT2D eigenvalue weighted by Crippen LogP contribution is 2.62. The number of cyclic esters (lactones) is 1. The van der Waals surface area contributed by atoms with Crippen LogP contribution in [0.2, 0.25) is 0 Å². The van der Waals surface area contributed by atoms with Crippen LogP contribution in [-0.4, -0.2) is 72.5 Å². The molecule has 0 bridgehead atoms. The van der Waals surface area contributed by atoms with Gasteiger partial charge in [-0.05, 0) is 31.8 Å². The Balaban J connectivity index is 1.77. The summed E-state index contributed by atoms with van der Waals surface area (Å²) in [6, 6.07) is 0. The number of nitrogens with zero attached hydrogens (tertiary/aromatic N) is 1. The summed E-state index contributed by atoms with van der Waals surface area (Å²) in [5.41, 5.74) is -0.962. The fraction of sp³-hybridized carbons (Fsp3) is 0.630. The van der Waals surface area contributed by atoms with Crippen molar-refractivity contribution in [2.45, 2.75) is 65.1 Å². The first-order valence-corrected chi connectivity index (χ1v) is 12.6. The summed E-state index contributed by atoms with van der Waals surface area (Å²) in [7, 11) is 1.48. The first kappa shape index (κ1) is 24.7. The Bertz CT molecular complexity index is 1140. The summed E-state index contributed by atoms with van der Waals surface area (Å²) in [4.78, 5) is 54.3. The zero-order valence-corrected chi connectivity index (χ0v) is 21.2. The molecule has 2 heterocycles. The van der Waals surface area contributed by atoms with Crippen molar-refractivity contribution in [1.29, 1.82) is 0 Å². The van der Waals surface area contributed by atoms with E-state index in [9.17, 15) is 24.3 Å². The lowest BCUT2D eigenvalue weighted by atomic mass is 9.53. The van der Waals surface area contributed by atoms with Gasteiger partial charge in [-0.2, -0.15) is 0 Å². The van der Waals surface area contributed by atoms with Crippen LogP contribution in [0.3, 0.4) is 0 Å². The summed E-state index contributed by atoms with van der Waals surface area (Å²) in [6.07, 6.45) is 2.87. The number of ketones is 2. The van der Waals surface area contributed by atoms with Gasteiger partial charge in [0.05, 0.1) is 17.6 Å². The van der Waals surface area contributed by atoms with E-state index < -0.39 is 52.4 Å². The topological polar surface area (TPSA) is 119 Å². The van der Waals surface area contributed by atoms with E-state index in [1.54, 1.807) is 6.20 Å². The quantitative estimate of drug-likeness (QED) is 0.460.